The highest BCUT2D eigenvalue weighted by Gasteiger charge is 2.04. The van der Waals surface area contributed by atoms with E-state index in [1.807, 2.05) is 24.4 Å². The summed E-state index contributed by atoms with van der Waals surface area (Å²) in [5, 5.41) is 0. The minimum atomic E-state index is 0.511. The fourth-order valence-electron chi connectivity index (χ4n) is 1.53. The van der Waals surface area contributed by atoms with Crippen molar-refractivity contribution in [3.05, 3.63) is 47.8 Å². The van der Waals surface area contributed by atoms with Gasteiger partial charge in [0.25, 0.3) is 0 Å². The Labute approximate surface area is 88.6 Å². The third-order valence-corrected chi connectivity index (χ3v) is 2.36. The maximum atomic E-state index is 5.58. The molecule has 2 aromatic heterocycles. The summed E-state index contributed by atoms with van der Waals surface area (Å²) in [7, 11) is 0. The molecule has 0 unspecified atom stereocenters. The second-order valence-electron chi connectivity index (χ2n) is 3.35. The summed E-state index contributed by atoms with van der Waals surface area (Å²) in [6.07, 6.45) is 5.28. The third kappa shape index (κ3) is 2.41. The highest BCUT2D eigenvalue weighted by atomic mass is 14.9. The van der Waals surface area contributed by atoms with Crippen LogP contribution in [0.5, 0.6) is 0 Å². The number of hydrogen-bond donors (Lipinski definition) is 2. The number of hydrogen-bond acceptors (Lipinski definition) is 3. The summed E-state index contributed by atoms with van der Waals surface area (Å²) >= 11 is 0. The number of nitrogens with two attached hydrogens (primary N) is 1. The molecule has 0 fully saturated rings. The average molecular weight is 202 g/mol. The molecule has 0 saturated heterocycles. The molecule has 3 N–H and O–H groups in total. The summed E-state index contributed by atoms with van der Waals surface area (Å²) in [5.41, 5.74) is 8.73. The number of pyridine rings is 1. The van der Waals surface area contributed by atoms with Crippen LogP contribution in [0.2, 0.25) is 0 Å². The van der Waals surface area contributed by atoms with Gasteiger partial charge >= 0.3 is 0 Å². The van der Waals surface area contributed by atoms with Crippen LogP contribution >= 0.6 is 0 Å². The molecule has 4 nitrogen and oxygen atoms in total. The second kappa shape index (κ2) is 4.70. The Hall–Kier alpha value is -1.68. The Balaban J connectivity index is 1.99. The quantitative estimate of drug-likeness (QED) is 0.778. The molecule has 0 atom stereocenters. The van der Waals surface area contributed by atoms with E-state index in [-0.39, 0.29) is 0 Å². The molecule has 2 rings (SSSR count). The predicted octanol–water partition coefficient (Wildman–Crippen LogP) is 1.05. The zero-order valence-corrected chi connectivity index (χ0v) is 8.48. The van der Waals surface area contributed by atoms with Gasteiger partial charge in [0, 0.05) is 18.4 Å². The van der Waals surface area contributed by atoms with Crippen molar-refractivity contribution in [2.24, 2.45) is 5.73 Å². The number of aromatic nitrogens is 3. The van der Waals surface area contributed by atoms with E-state index in [9.17, 15) is 0 Å². The normalized spacial score (nSPS) is 10.5. The molecular weight excluding hydrogens is 188 g/mol. The summed E-state index contributed by atoms with van der Waals surface area (Å²) in [4.78, 5) is 11.5. The summed E-state index contributed by atoms with van der Waals surface area (Å²) in [6, 6.07) is 5.94. The van der Waals surface area contributed by atoms with E-state index in [1.54, 1.807) is 6.33 Å². The molecule has 15 heavy (non-hydrogen) atoms. The number of aryl methyl sites for hydroxylation is 2. The van der Waals surface area contributed by atoms with Gasteiger partial charge in [0.15, 0.2) is 0 Å². The van der Waals surface area contributed by atoms with Crippen molar-refractivity contribution in [1.82, 2.24) is 15.0 Å². The van der Waals surface area contributed by atoms with E-state index < -0.39 is 0 Å². The topological polar surface area (TPSA) is 67.6 Å². The zero-order chi connectivity index (χ0) is 10.5. The molecule has 0 aliphatic carbocycles. The van der Waals surface area contributed by atoms with Crippen LogP contribution < -0.4 is 5.73 Å². The van der Waals surface area contributed by atoms with Gasteiger partial charge in [-0.25, -0.2) is 4.98 Å². The molecule has 0 aliphatic heterocycles. The molecule has 0 radical (unpaired) electrons. The van der Waals surface area contributed by atoms with Gasteiger partial charge in [-0.05, 0) is 25.0 Å². The Morgan fingerprint density at radius 2 is 2.13 bits per heavy atom. The van der Waals surface area contributed by atoms with Crippen LogP contribution in [-0.4, -0.2) is 15.0 Å². The smallest absolute Gasteiger partial charge is 0.0925 e. The van der Waals surface area contributed by atoms with Crippen LogP contribution in [0.1, 0.15) is 17.1 Å². The summed E-state index contributed by atoms with van der Waals surface area (Å²) < 4.78 is 0. The zero-order valence-electron chi connectivity index (χ0n) is 8.48. The van der Waals surface area contributed by atoms with Crippen molar-refractivity contribution < 1.29 is 0 Å². The molecule has 0 aromatic carbocycles. The van der Waals surface area contributed by atoms with Crippen molar-refractivity contribution >= 4 is 0 Å². The Bertz CT molecular complexity index is 408. The monoisotopic (exact) mass is 202 g/mol. The molecule has 4 heteroatoms. The second-order valence-corrected chi connectivity index (χ2v) is 3.35. The Morgan fingerprint density at radius 1 is 1.20 bits per heavy atom. The van der Waals surface area contributed by atoms with Crippen LogP contribution in [0.25, 0.3) is 0 Å². The van der Waals surface area contributed by atoms with E-state index in [0.29, 0.717) is 6.54 Å². The molecule has 78 valence electrons. The highest BCUT2D eigenvalue weighted by Crippen LogP contribution is 2.06. The first-order valence-electron chi connectivity index (χ1n) is 5.01. The minimum absolute atomic E-state index is 0.511. The molecule has 0 aliphatic rings. The summed E-state index contributed by atoms with van der Waals surface area (Å²) in [6.45, 7) is 0.511. The van der Waals surface area contributed by atoms with Crippen LogP contribution in [0.3, 0.4) is 0 Å². The van der Waals surface area contributed by atoms with Gasteiger partial charge in [-0.1, -0.05) is 6.07 Å². The van der Waals surface area contributed by atoms with Crippen molar-refractivity contribution in [3.8, 4) is 0 Å². The lowest BCUT2D eigenvalue weighted by Gasteiger charge is -2.00. The van der Waals surface area contributed by atoms with E-state index in [0.717, 1.165) is 29.9 Å². The SMILES string of the molecule is NCc1[nH]cnc1CCc1ccccn1. The lowest BCUT2D eigenvalue weighted by atomic mass is 10.1. The molecule has 0 spiro atoms. The fourth-order valence-corrected chi connectivity index (χ4v) is 1.53. The van der Waals surface area contributed by atoms with Gasteiger partial charge in [0.05, 0.1) is 17.7 Å². The van der Waals surface area contributed by atoms with E-state index >= 15 is 0 Å². The lowest BCUT2D eigenvalue weighted by Crippen LogP contribution is -2.03. The third-order valence-electron chi connectivity index (χ3n) is 2.36. The molecule has 2 heterocycles. The van der Waals surface area contributed by atoms with Crippen LogP contribution in [0.4, 0.5) is 0 Å². The van der Waals surface area contributed by atoms with Gasteiger partial charge in [-0.3, -0.25) is 4.98 Å². The van der Waals surface area contributed by atoms with Gasteiger partial charge in [-0.15, -0.1) is 0 Å². The van der Waals surface area contributed by atoms with Crippen molar-refractivity contribution in [3.63, 3.8) is 0 Å². The molecular formula is C11H14N4. The van der Waals surface area contributed by atoms with Crippen LogP contribution in [0.15, 0.2) is 30.7 Å². The van der Waals surface area contributed by atoms with E-state index in [2.05, 4.69) is 15.0 Å². The first-order chi connectivity index (χ1) is 7.40. The number of imidazole rings is 1. The Kier molecular flexibility index (Phi) is 3.09. The first kappa shape index (κ1) is 9.86. The molecule has 0 bridgehead atoms. The van der Waals surface area contributed by atoms with Crippen molar-refractivity contribution in [1.29, 1.82) is 0 Å². The fraction of sp³-hybridized carbons (Fsp3) is 0.273. The number of nitrogens with zero attached hydrogens (tertiary/aromatic N) is 2. The van der Waals surface area contributed by atoms with Gasteiger partial charge < -0.3 is 10.7 Å². The standard InChI is InChI=1S/C11H14N4/c12-7-11-10(14-8-15-11)5-4-9-3-1-2-6-13-9/h1-3,6,8H,4-5,7,12H2,(H,14,15). The Morgan fingerprint density at radius 3 is 2.87 bits per heavy atom. The molecule has 0 amide bonds. The minimum Gasteiger partial charge on any atom is -0.347 e. The predicted molar refractivity (Wildman–Crippen MR) is 58.1 cm³/mol. The maximum Gasteiger partial charge on any atom is 0.0925 e. The summed E-state index contributed by atoms with van der Waals surface area (Å²) in [5.74, 6) is 0. The first-order valence-corrected chi connectivity index (χ1v) is 5.01. The van der Waals surface area contributed by atoms with Gasteiger partial charge in [0.1, 0.15) is 0 Å². The molecule has 2 aromatic rings. The number of nitrogens with one attached hydrogen (secondary N) is 1. The van der Waals surface area contributed by atoms with E-state index in [4.69, 9.17) is 5.73 Å². The van der Waals surface area contributed by atoms with Gasteiger partial charge in [0.2, 0.25) is 0 Å². The van der Waals surface area contributed by atoms with Crippen LogP contribution in [-0.2, 0) is 19.4 Å². The number of rotatable bonds is 4. The maximum absolute atomic E-state index is 5.58. The van der Waals surface area contributed by atoms with Crippen molar-refractivity contribution in [2.75, 3.05) is 0 Å². The number of aromatic amines is 1. The molecule has 0 saturated carbocycles. The van der Waals surface area contributed by atoms with E-state index in [1.165, 1.54) is 0 Å². The largest absolute Gasteiger partial charge is 0.347 e. The average Bonchev–Trinajstić information content (AvgIpc) is 2.75. The lowest BCUT2D eigenvalue weighted by molar-refractivity contribution is 0.861. The van der Waals surface area contributed by atoms with Crippen LogP contribution in [0, 0.1) is 0 Å². The van der Waals surface area contributed by atoms with Crippen molar-refractivity contribution in [2.45, 2.75) is 19.4 Å². The van der Waals surface area contributed by atoms with Gasteiger partial charge in [-0.2, -0.15) is 0 Å². The highest BCUT2D eigenvalue weighted by molar-refractivity contribution is 5.13. The number of H-pyrrole nitrogens is 1.